The number of nitrogens with one attached hydrogen (secondary N) is 2. The lowest BCUT2D eigenvalue weighted by Crippen LogP contribution is -2.55. The topological polar surface area (TPSA) is 105 Å². The standard InChI is InChI=1S/C18H28F3N3O5/c1-10(2)14(23-17(28)29-4)16(27)24-7-5-6-12(24)15(26)22-9-11(3)8-13(25)18(19,20)21/h10-12,14H,5-9H2,1-4H3,(H,22,26)(H,23,28)/t11?,12?,14-/m0/s1. The van der Waals surface area contributed by atoms with Crippen LogP contribution in [-0.4, -0.2) is 67.1 Å². The smallest absolute Gasteiger partial charge is 0.449 e. The minimum Gasteiger partial charge on any atom is -0.453 e. The van der Waals surface area contributed by atoms with E-state index >= 15 is 0 Å². The maximum atomic E-state index is 12.9. The molecular weight excluding hydrogens is 395 g/mol. The predicted octanol–water partition coefficient (Wildman–Crippen LogP) is 1.63. The number of alkyl carbamates (subject to hydrolysis) is 1. The molecule has 11 heteroatoms. The molecule has 0 aromatic carbocycles. The van der Waals surface area contributed by atoms with Gasteiger partial charge in [-0.1, -0.05) is 20.8 Å². The average molecular weight is 423 g/mol. The van der Waals surface area contributed by atoms with Gasteiger partial charge in [0.25, 0.3) is 0 Å². The van der Waals surface area contributed by atoms with Gasteiger partial charge in [0.2, 0.25) is 17.6 Å². The van der Waals surface area contributed by atoms with Crippen molar-refractivity contribution >= 4 is 23.7 Å². The van der Waals surface area contributed by atoms with E-state index in [1.54, 1.807) is 13.8 Å². The minimum absolute atomic E-state index is 0.118. The van der Waals surface area contributed by atoms with Gasteiger partial charge in [-0.25, -0.2) is 4.79 Å². The summed E-state index contributed by atoms with van der Waals surface area (Å²) in [7, 11) is 1.17. The van der Waals surface area contributed by atoms with Crippen molar-refractivity contribution in [3.63, 3.8) is 0 Å². The molecule has 1 aliphatic heterocycles. The first-order valence-corrected chi connectivity index (χ1v) is 9.41. The van der Waals surface area contributed by atoms with E-state index in [0.717, 1.165) is 0 Å². The minimum atomic E-state index is -4.90. The van der Waals surface area contributed by atoms with Gasteiger partial charge in [0.1, 0.15) is 12.1 Å². The third kappa shape index (κ3) is 7.21. The summed E-state index contributed by atoms with van der Waals surface area (Å²) in [6, 6.07) is -1.66. The molecule has 1 rings (SSSR count). The lowest BCUT2D eigenvalue weighted by atomic mass is 10.0. The Morgan fingerprint density at radius 1 is 1.17 bits per heavy atom. The summed E-state index contributed by atoms with van der Waals surface area (Å²) < 4.78 is 41.5. The highest BCUT2D eigenvalue weighted by Gasteiger charge is 2.40. The summed E-state index contributed by atoms with van der Waals surface area (Å²) in [5, 5.41) is 4.98. The molecule has 29 heavy (non-hydrogen) atoms. The molecule has 8 nitrogen and oxygen atoms in total. The molecule has 1 saturated heterocycles. The summed E-state index contributed by atoms with van der Waals surface area (Å²) >= 11 is 0. The van der Waals surface area contributed by atoms with Crippen LogP contribution in [-0.2, 0) is 19.1 Å². The molecule has 0 aromatic rings. The number of nitrogens with zero attached hydrogens (tertiary/aromatic N) is 1. The molecule has 0 spiro atoms. The number of ether oxygens (including phenoxy) is 1. The van der Waals surface area contributed by atoms with Crippen molar-refractivity contribution in [1.29, 1.82) is 0 Å². The maximum Gasteiger partial charge on any atom is 0.449 e. The molecule has 2 unspecified atom stereocenters. The zero-order valence-electron chi connectivity index (χ0n) is 17.0. The SMILES string of the molecule is COC(=O)N[C@H](C(=O)N1CCCC1C(=O)NCC(C)CC(=O)C(F)(F)F)C(C)C. The van der Waals surface area contributed by atoms with Crippen molar-refractivity contribution in [2.24, 2.45) is 11.8 Å². The summed E-state index contributed by atoms with van der Waals surface area (Å²) in [4.78, 5) is 49.2. The van der Waals surface area contributed by atoms with Gasteiger partial charge in [-0.2, -0.15) is 13.2 Å². The largest absolute Gasteiger partial charge is 0.453 e. The van der Waals surface area contributed by atoms with E-state index in [4.69, 9.17) is 0 Å². The van der Waals surface area contributed by atoms with Crippen molar-refractivity contribution in [2.45, 2.75) is 58.3 Å². The third-order valence-electron chi connectivity index (χ3n) is 4.70. The van der Waals surface area contributed by atoms with E-state index < -0.39 is 54.3 Å². The Labute approximate surface area is 167 Å². The number of methoxy groups -OCH3 is 1. The number of ketones is 1. The van der Waals surface area contributed by atoms with Crippen molar-refractivity contribution in [3.05, 3.63) is 0 Å². The van der Waals surface area contributed by atoms with Crippen LogP contribution in [0.3, 0.4) is 0 Å². The monoisotopic (exact) mass is 423 g/mol. The zero-order valence-corrected chi connectivity index (χ0v) is 17.0. The summed E-state index contributed by atoms with van der Waals surface area (Å²) in [6.07, 6.45) is -5.41. The molecular formula is C18H28F3N3O5. The quantitative estimate of drug-likeness (QED) is 0.618. The fourth-order valence-electron chi connectivity index (χ4n) is 3.08. The van der Waals surface area contributed by atoms with Crippen molar-refractivity contribution in [2.75, 3.05) is 20.2 Å². The van der Waals surface area contributed by atoms with Gasteiger partial charge >= 0.3 is 12.3 Å². The molecule has 3 amide bonds. The van der Waals surface area contributed by atoms with E-state index in [1.807, 2.05) is 0 Å². The van der Waals surface area contributed by atoms with E-state index in [1.165, 1.54) is 18.9 Å². The van der Waals surface area contributed by atoms with Crippen molar-refractivity contribution in [3.8, 4) is 0 Å². The second-order valence-electron chi connectivity index (χ2n) is 7.52. The average Bonchev–Trinajstić information content (AvgIpc) is 3.12. The Bertz CT molecular complexity index is 624. The van der Waals surface area contributed by atoms with Crippen molar-refractivity contribution in [1.82, 2.24) is 15.5 Å². The second-order valence-corrected chi connectivity index (χ2v) is 7.52. The van der Waals surface area contributed by atoms with Crippen LogP contribution >= 0.6 is 0 Å². The molecule has 1 aliphatic rings. The van der Waals surface area contributed by atoms with Crippen LogP contribution < -0.4 is 10.6 Å². The predicted molar refractivity (Wildman–Crippen MR) is 96.8 cm³/mol. The zero-order chi connectivity index (χ0) is 22.4. The normalized spacial score (nSPS) is 18.9. The number of carbonyl (C=O) groups excluding carboxylic acids is 4. The number of halogens is 3. The van der Waals surface area contributed by atoms with E-state index in [9.17, 15) is 32.3 Å². The van der Waals surface area contributed by atoms with Crippen LogP contribution in [0, 0.1) is 11.8 Å². The molecule has 166 valence electrons. The highest BCUT2D eigenvalue weighted by atomic mass is 19.4. The Balaban J connectivity index is 2.70. The molecule has 0 bridgehead atoms. The lowest BCUT2D eigenvalue weighted by Gasteiger charge is -2.30. The van der Waals surface area contributed by atoms with E-state index in [-0.39, 0.29) is 12.5 Å². The summed E-state index contributed by atoms with van der Waals surface area (Å²) in [5.41, 5.74) is 0. The number of alkyl halides is 3. The number of hydrogen-bond donors (Lipinski definition) is 2. The van der Waals surface area contributed by atoms with Crippen molar-refractivity contribution < 1.29 is 37.1 Å². The van der Waals surface area contributed by atoms with E-state index in [2.05, 4.69) is 15.4 Å². The Morgan fingerprint density at radius 3 is 2.31 bits per heavy atom. The van der Waals surface area contributed by atoms with Crippen LogP contribution in [0.2, 0.25) is 0 Å². The molecule has 1 fully saturated rings. The molecule has 2 N–H and O–H groups in total. The Hall–Kier alpha value is -2.33. The van der Waals surface area contributed by atoms with Gasteiger partial charge in [-0.15, -0.1) is 0 Å². The number of hydrogen-bond acceptors (Lipinski definition) is 5. The highest BCUT2D eigenvalue weighted by molar-refractivity contribution is 5.92. The molecule has 0 aliphatic carbocycles. The Kier molecular flexibility index (Phi) is 8.90. The fraction of sp³-hybridized carbons (Fsp3) is 0.778. The lowest BCUT2D eigenvalue weighted by molar-refractivity contribution is -0.171. The first-order chi connectivity index (χ1) is 13.4. The first kappa shape index (κ1) is 24.7. The van der Waals surface area contributed by atoms with Gasteiger partial charge in [0.05, 0.1) is 7.11 Å². The Morgan fingerprint density at radius 2 is 1.79 bits per heavy atom. The van der Waals surface area contributed by atoms with Crippen LogP contribution in [0.1, 0.15) is 40.0 Å². The van der Waals surface area contributed by atoms with Gasteiger partial charge in [-0.05, 0) is 24.7 Å². The van der Waals surface area contributed by atoms with Gasteiger partial charge in [0.15, 0.2) is 0 Å². The number of carbonyl (C=O) groups is 4. The fourth-order valence-corrected chi connectivity index (χ4v) is 3.08. The van der Waals surface area contributed by atoms with Gasteiger partial charge < -0.3 is 20.3 Å². The summed E-state index contributed by atoms with van der Waals surface area (Å²) in [5.74, 6) is -3.72. The number of likely N-dealkylation sites (tertiary alicyclic amines) is 1. The summed E-state index contributed by atoms with van der Waals surface area (Å²) in [6.45, 7) is 5.11. The van der Waals surface area contributed by atoms with Crippen LogP contribution in [0.15, 0.2) is 0 Å². The number of rotatable bonds is 8. The molecule has 0 aromatic heterocycles. The first-order valence-electron chi connectivity index (χ1n) is 9.41. The van der Waals surface area contributed by atoms with Crippen LogP contribution in [0.4, 0.5) is 18.0 Å². The van der Waals surface area contributed by atoms with E-state index in [0.29, 0.717) is 19.4 Å². The second kappa shape index (κ2) is 10.4. The molecule has 0 radical (unpaired) electrons. The van der Waals surface area contributed by atoms with Gasteiger partial charge in [-0.3, -0.25) is 14.4 Å². The molecule has 3 atom stereocenters. The van der Waals surface area contributed by atoms with Crippen LogP contribution in [0.5, 0.6) is 0 Å². The highest BCUT2D eigenvalue weighted by Crippen LogP contribution is 2.22. The molecule has 0 saturated carbocycles. The van der Waals surface area contributed by atoms with Crippen LogP contribution in [0.25, 0.3) is 0 Å². The maximum absolute atomic E-state index is 12.9. The number of amides is 3. The number of Topliss-reactive ketones (excluding diaryl/α,β-unsaturated/α-hetero) is 1. The van der Waals surface area contributed by atoms with Gasteiger partial charge in [0, 0.05) is 19.5 Å². The molecule has 1 heterocycles. The third-order valence-corrected chi connectivity index (χ3v) is 4.70.